The molecule has 0 radical (unpaired) electrons. The number of ether oxygens (including phenoxy) is 2. The molecule has 0 bridgehead atoms. The average molecular weight is 308 g/mol. The standard InChI is InChI=1S/C17H24O5/c1-21-16(20)22-11-7-3-6-10-17(13-18,14-19)12-15-8-4-2-5-9-15/h2-5,7-9,18-19H,6,10-14H2,1H3/b7-3+. The number of aliphatic hydroxyl groups is 2. The first-order valence-electron chi connectivity index (χ1n) is 7.27. The predicted octanol–water partition coefficient (Wildman–Crippen LogP) is 2.32. The second-order valence-corrected chi connectivity index (χ2v) is 5.25. The number of methoxy groups -OCH3 is 1. The van der Waals surface area contributed by atoms with Gasteiger partial charge in [-0.2, -0.15) is 0 Å². The number of rotatable bonds is 9. The Morgan fingerprint density at radius 1 is 1.18 bits per heavy atom. The summed E-state index contributed by atoms with van der Waals surface area (Å²) in [6, 6.07) is 9.80. The monoisotopic (exact) mass is 308 g/mol. The average Bonchev–Trinajstić information content (AvgIpc) is 2.57. The van der Waals surface area contributed by atoms with Crippen molar-refractivity contribution in [2.75, 3.05) is 26.9 Å². The highest BCUT2D eigenvalue weighted by Crippen LogP contribution is 2.28. The van der Waals surface area contributed by atoms with Crippen molar-refractivity contribution in [3.63, 3.8) is 0 Å². The molecule has 0 aromatic heterocycles. The maximum atomic E-state index is 10.8. The molecular formula is C17H24O5. The van der Waals surface area contributed by atoms with Crippen molar-refractivity contribution in [2.45, 2.75) is 19.3 Å². The highest BCUT2D eigenvalue weighted by atomic mass is 16.7. The number of allylic oxidation sites excluding steroid dienone is 1. The van der Waals surface area contributed by atoms with E-state index < -0.39 is 11.6 Å². The van der Waals surface area contributed by atoms with E-state index in [0.29, 0.717) is 19.3 Å². The van der Waals surface area contributed by atoms with Crippen LogP contribution in [0.4, 0.5) is 4.79 Å². The van der Waals surface area contributed by atoms with Crippen molar-refractivity contribution >= 4 is 6.16 Å². The van der Waals surface area contributed by atoms with Crippen LogP contribution >= 0.6 is 0 Å². The zero-order valence-electron chi connectivity index (χ0n) is 12.9. The third-order valence-corrected chi connectivity index (χ3v) is 3.56. The molecule has 1 rings (SSSR count). The van der Waals surface area contributed by atoms with Gasteiger partial charge >= 0.3 is 6.16 Å². The number of carbonyl (C=O) groups excluding carboxylic acids is 1. The van der Waals surface area contributed by atoms with Crippen molar-refractivity contribution in [1.29, 1.82) is 0 Å². The molecular weight excluding hydrogens is 284 g/mol. The molecule has 0 fully saturated rings. The fourth-order valence-corrected chi connectivity index (χ4v) is 2.19. The van der Waals surface area contributed by atoms with E-state index in [2.05, 4.69) is 4.74 Å². The first-order valence-corrected chi connectivity index (χ1v) is 7.27. The Morgan fingerprint density at radius 2 is 1.86 bits per heavy atom. The largest absolute Gasteiger partial charge is 0.508 e. The molecule has 0 aliphatic carbocycles. The lowest BCUT2D eigenvalue weighted by Crippen LogP contribution is -2.32. The van der Waals surface area contributed by atoms with Crippen LogP contribution in [-0.2, 0) is 15.9 Å². The fraction of sp³-hybridized carbons (Fsp3) is 0.471. The molecule has 5 nitrogen and oxygen atoms in total. The lowest BCUT2D eigenvalue weighted by Gasteiger charge is -2.29. The van der Waals surface area contributed by atoms with Gasteiger partial charge in [0.1, 0.15) is 6.61 Å². The first-order chi connectivity index (χ1) is 10.7. The minimum absolute atomic E-state index is 0.0785. The van der Waals surface area contributed by atoms with Gasteiger partial charge in [-0.05, 0) is 24.8 Å². The molecule has 0 saturated heterocycles. The van der Waals surface area contributed by atoms with Gasteiger partial charge in [0.2, 0.25) is 0 Å². The van der Waals surface area contributed by atoms with E-state index in [9.17, 15) is 15.0 Å². The molecule has 0 aliphatic rings. The number of benzene rings is 1. The quantitative estimate of drug-likeness (QED) is 0.541. The molecule has 2 N–H and O–H groups in total. The van der Waals surface area contributed by atoms with E-state index in [-0.39, 0.29) is 19.8 Å². The summed E-state index contributed by atoms with van der Waals surface area (Å²) in [6.07, 6.45) is 4.82. The van der Waals surface area contributed by atoms with Gasteiger partial charge in [0.25, 0.3) is 0 Å². The van der Waals surface area contributed by atoms with E-state index >= 15 is 0 Å². The molecule has 0 amide bonds. The highest BCUT2D eigenvalue weighted by Gasteiger charge is 2.28. The van der Waals surface area contributed by atoms with E-state index in [1.165, 1.54) is 7.11 Å². The molecule has 122 valence electrons. The molecule has 0 heterocycles. The number of hydrogen-bond acceptors (Lipinski definition) is 5. The third kappa shape index (κ3) is 6.28. The van der Waals surface area contributed by atoms with Gasteiger partial charge in [-0.3, -0.25) is 0 Å². The predicted molar refractivity (Wildman–Crippen MR) is 83.5 cm³/mol. The Kier molecular flexibility index (Phi) is 8.25. The summed E-state index contributed by atoms with van der Waals surface area (Å²) in [5, 5.41) is 19.4. The number of carbonyl (C=O) groups is 1. The van der Waals surface area contributed by atoms with E-state index in [4.69, 9.17) is 4.74 Å². The fourth-order valence-electron chi connectivity index (χ4n) is 2.19. The molecule has 1 aromatic rings. The van der Waals surface area contributed by atoms with Crippen molar-refractivity contribution in [1.82, 2.24) is 0 Å². The van der Waals surface area contributed by atoms with Crippen LogP contribution < -0.4 is 0 Å². The smallest absolute Gasteiger partial charge is 0.438 e. The zero-order valence-corrected chi connectivity index (χ0v) is 12.9. The topological polar surface area (TPSA) is 76.0 Å². The third-order valence-electron chi connectivity index (χ3n) is 3.56. The summed E-state index contributed by atoms with van der Waals surface area (Å²) in [5.74, 6) is 0. The van der Waals surface area contributed by atoms with E-state index in [0.717, 1.165) is 5.56 Å². The van der Waals surface area contributed by atoms with Gasteiger partial charge in [-0.1, -0.05) is 42.5 Å². The van der Waals surface area contributed by atoms with Crippen LogP contribution in [0.25, 0.3) is 0 Å². The van der Waals surface area contributed by atoms with Gasteiger partial charge in [-0.15, -0.1) is 0 Å². The van der Waals surface area contributed by atoms with Gasteiger partial charge in [0.05, 0.1) is 20.3 Å². The summed E-state index contributed by atoms with van der Waals surface area (Å²) >= 11 is 0. The van der Waals surface area contributed by atoms with Gasteiger partial charge in [-0.25, -0.2) is 4.79 Å². The summed E-state index contributed by atoms with van der Waals surface area (Å²) in [7, 11) is 1.26. The molecule has 0 aliphatic heterocycles. The zero-order chi connectivity index (χ0) is 16.3. The van der Waals surface area contributed by atoms with Crippen molar-refractivity contribution < 1.29 is 24.5 Å². The Balaban J connectivity index is 2.46. The second-order valence-electron chi connectivity index (χ2n) is 5.25. The Bertz CT molecular complexity index is 451. The van der Waals surface area contributed by atoms with Crippen molar-refractivity contribution in [3.05, 3.63) is 48.0 Å². The molecule has 0 saturated carbocycles. The normalized spacial score (nSPS) is 11.6. The molecule has 5 heteroatoms. The summed E-state index contributed by atoms with van der Waals surface area (Å²) in [5.41, 5.74) is 0.540. The first kappa shape index (κ1) is 18.2. The highest BCUT2D eigenvalue weighted by molar-refractivity contribution is 5.59. The molecule has 22 heavy (non-hydrogen) atoms. The van der Waals surface area contributed by atoms with Crippen molar-refractivity contribution in [3.8, 4) is 0 Å². The van der Waals surface area contributed by atoms with E-state index in [1.807, 2.05) is 36.4 Å². The summed E-state index contributed by atoms with van der Waals surface area (Å²) < 4.78 is 9.08. The van der Waals surface area contributed by atoms with Crippen LogP contribution in [0.3, 0.4) is 0 Å². The maximum absolute atomic E-state index is 10.8. The minimum atomic E-state index is -0.714. The van der Waals surface area contributed by atoms with Crippen LogP contribution in [0.15, 0.2) is 42.5 Å². The van der Waals surface area contributed by atoms with Crippen LogP contribution in [0.1, 0.15) is 18.4 Å². The Labute approximate surface area is 131 Å². The minimum Gasteiger partial charge on any atom is -0.438 e. The molecule has 0 spiro atoms. The van der Waals surface area contributed by atoms with Crippen molar-refractivity contribution in [2.24, 2.45) is 5.41 Å². The Morgan fingerprint density at radius 3 is 2.45 bits per heavy atom. The van der Waals surface area contributed by atoms with Crippen LogP contribution in [0.5, 0.6) is 0 Å². The van der Waals surface area contributed by atoms with Gasteiger partial charge < -0.3 is 19.7 Å². The number of aliphatic hydroxyl groups excluding tert-OH is 2. The van der Waals surface area contributed by atoms with Crippen LogP contribution in [0, 0.1) is 5.41 Å². The van der Waals surface area contributed by atoms with Crippen LogP contribution in [0.2, 0.25) is 0 Å². The molecule has 0 atom stereocenters. The SMILES string of the molecule is COC(=O)OC/C=C/CCC(CO)(CO)Cc1ccccc1. The van der Waals surface area contributed by atoms with Gasteiger partial charge in [0.15, 0.2) is 0 Å². The van der Waals surface area contributed by atoms with Crippen LogP contribution in [-0.4, -0.2) is 43.3 Å². The lowest BCUT2D eigenvalue weighted by molar-refractivity contribution is 0.0480. The van der Waals surface area contributed by atoms with Gasteiger partial charge in [0, 0.05) is 5.41 Å². The van der Waals surface area contributed by atoms with E-state index in [1.54, 1.807) is 6.08 Å². The number of hydrogen-bond donors (Lipinski definition) is 2. The molecule has 1 aromatic carbocycles. The maximum Gasteiger partial charge on any atom is 0.508 e. The second kappa shape index (κ2) is 9.97. The Hall–Kier alpha value is -1.85. The summed E-state index contributed by atoms with van der Waals surface area (Å²) in [4.78, 5) is 10.8. The summed E-state index contributed by atoms with van der Waals surface area (Å²) in [6.45, 7) is -0.00754. The molecule has 0 unspecified atom stereocenters. The lowest BCUT2D eigenvalue weighted by atomic mass is 9.79.